The molecule has 1 amide bonds. The van der Waals surface area contributed by atoms with Crippen LogP contribution in [0, 0.1) is 0 Å². The van der Waals surface area contributed by atoms with E-state index in [1.165, 1.54) is 27.4 Å². The third kappa shape index (κ3) is 7.46. The summed E-state index contributed by atoms with van der Waals surface area (Å²) in [5.74, 6) is 0.974. The van der Waals surface area contributed by atoms with Gasteiger partial charge in [-0.15, -0.1) is 0 Å². The van der Waals surface area contributed by atoms with E-state index in [0.29, 0.717) is 39.6 Å². The van der Waals surface area contributed by atoms with Crippen molar-refractivity contribution in [2.24, 2.45) is 5.10 Å². The van der Waals surface area contributed by atoms with Gasteiger partial charge < -0.3 is 14.2 Å². The Morgan fingerprint density at radius 2 is 1.76 bits per heavy atom. The third-order valence-electron chi connectivity index (χ3n) is 5.28. The van der Waals surface area contributed by atoms with E-state index in [1.807, 2.05) is 30.3 Å². The Balaban J connectivity index is 1.71. The van der Waals surface area contributed by atoms with E-state index in [2.05, 4.69) is 26.5 Å². The van der Waals surface area contributed by atoms with Crippen LogP contribution in [0.15, 0.2) is 76.3 Å². The van der Waals surface area contributed by atoms with E-state index in [-0.39, 0.29) is 0 Å². The van der Waals surface area contributed by atoms with Gasteiger partial charge in [-0.2, -0.15) is 5.10 Å². The molecule has 0 heterocycles. The van der Waals surface area contributed by atoms with Crippen molar-refractivity contribution in [1.82, 2.24) is 5.43 Å². The van der Waals surface area contributed by atoms with Gasteiger partial charge in [0.25, 0.3) is 5.91 Å². The molecule has 0 spiro atoms. The maximum atomic E-state index is 12.8. The molecular weight excluding hydrogens is 562 g/mol. The molecule has 0 radical (unpaired) electrons. The summed E-state index contributed by atoms with van der Waals surface area (Å²) < 4.78 is 43.1. The van der Waals surface area contributed by atoms with Crippen molar-refractivity contribution >= 4 is 43.8 Å². The lowest BCUT2D eigenvalue weighted by Crippen LogP contribution is -2.46. The number of amides is 1. The van der Waals surface area contributed by atoms with Crippen molar-refractivity contribution in [2.45, 2.75) is 19.6 Å². The number of carbonyl (C=O) groups is 1. The predicted octanol–water partition coefficient (Wildman–Crippen LogP) is 4.35. The molecule has 0 aromatic heterocycles. The number of benzene rings is 3. The first kappa shape index (κ1) is 28.0. The second kappa shape index (κ2) is 12.6. The number of rotatable bonds is 11. The molecule has 3 rings (SSSR count). The molecule has 1 N–H and O–H groups in total. The minimum Gasteiger partial charge on any atom is -0.497 e. The van der Waals surface area contributed by atoms with Crippen LogP contribution in [-0.4, -0.2) is 47.1 Å². The van der Waals surface area contributed by atoms with Crippen molar-refractivity contribution in [3.63, 3.8) is 0 Å². The molecule has 0 aliphatic rings. The SMILES string of the molecule is COc1ccc(N([C@H](C)C(=O)N/N=C\c2cc(Br)c(OCc3ccccc3)c(OC)c2)S(C)(=O)=O)cc1. The van der Waals surface area contributed by atoms with E-state index in [1.54, 1.807) is 36.4 Å². The molecule has 1 atom stereocenters. The van der Waals surface area contributed by atoms with Crippen LogP contribution >= 0.6 is 15.9 Å². The summed E-state index contributed by atoms with van der Waals surface area (Å²) in [7, 11) is -0.722. The molecular formula is C26H28BrN3O6S. The van der Waals surface area contributed by atoms with Gasteiger partial charge in [0.1, 0.15) is 18.4 Å². The Bertz CT molecular complexity index is 1350. The Kier molecular flexibility index (Phi) is 9.54. The second-order valence-electron chi connectivity index (χ2n) is 7.98. The highest BCUT2D eigenvalue weighted by molar-refractivity contribution is 9.10. The van der Waals surface area contributed by atoms with E-state index < -0.39 is 22.0 Å². The number of carbonyl (C=O) groups excluding carboxylic acids is 1. The Morgan fingerprint density at radius 1 is 1.08 bits per heavy atom. The zero-order valence-corrected chi connectivity index (χ0v) is 23.2. The summed E-state index contributed by atoms with van der Waals surface area (Å²) in [6.07, 6.45) is 2.46. The van der Waals surface area contributed by atoms with Crippen LogP contribution in [0.3, 0.4) is 0 Å². The number of hydrazone groups is 1. The van der Waals surface area contributed by atoms with Crippen molar-refractivity contribution in [1.29, 1.82) is 0 Å². The molecule has 0 saturated carbocycles. The number of ether oxygens (including phenoxy) is 3. The van der Waals surface area contributed by atoms with Gasteiger partial charge in [0, 0.05) is 0 Å². The fraction of sp³-hybridized carbons (Fsp3) is 0.231. The fourth-order valence-corrected chi connectivity index (χ4v) is 5.23. The average molecular weight is 590 g/mol. The summed E-state index contributed by atoms with van der Waals surface area (Å²) in [4.78, 5) is 12.8. The monoisotopic (exact) mass is 589 g/mol. The minimum absolute atomic E-state index is 0.328. The lowest BCUT2D eigenvalue weighted by atomic mass is 10.2. The lowest BCUT2D eigenvalue weighted by Gasteiger charge is -2.27. The van der Waals surface area contributed by atoms with Gasteiger partial charge in [0.15, 0.2) is 11.5 Å². The molecule has 0 unspecified atom stereocenters. The molecule has 196 valence electrons. The van der Waals surface area contributed by atoms with Gasteiger partial charge >= 0.3 is 0 Å². The number of sulfonamides is 1. The molecule has 0 saturated heterocycles. The quantitative estimate of drug-likeness (QED) is 0.263. The number of halogens is 1. The number of nitrogens with zero attached hydrogens (tertiary/aromatic N) is 2. The Hall–Kier alpha value is -3.57. The van der Waals surface area contributed by atoms with Gasteiger partial charge in [-0.25, -0.2) is 13.8 Å². The van der Waals surface area contributed by atoms with E-state index in [0.717, 1.165) is 16.1 Å². The van der Waals surface area contributed by atoms with Crippen molar-refractivity contribution < 1.29 is 27.4 Å². The standard InChI is InChI=1S/C26H28BrN3O6S/c1-18(30(37(4,32)33)21-10-12-22(34-2)13-11-21)26(31)29-28-16-20-14-23(27)25(24(15-20)35-3)36-17-19-8-6-5-7-9-19/h5-16,18H,17H2,1-4H3,(H,29,31)/b28-16-/t18-/m1/s1. The smallest absolute Gasteiger partial charge is 0.263 e. The number of methoxy groups -OCH3 is 2. The molecule has 0 fully saturated rings. The number of hydrogen-bond acceptors (Lipinski definition) is 7. The third-order valence-corrected chi connectivity index (χ3v) is 7.11. The molecule has 9 nitrogen and oxygen atoms in total. The van der Waals surface area contributed by atoms with E-state index in [4.69, 9.17) is 14.2 Å². The van der Waals surface area contributed by atoms with Gasteiger partial charge in [-0.1, -0.05) is 30.3 Å². The summed E-state index contributed by atoms with van der Waals surface area (Å²) >= 11 is 3.50. The van der Waals surface area contributed by atoms with Crippen LogP contribution in [0.5, 0.6) is 17.2 Å². The van der Waals surface area contributed by atoms with Crippen LogP contribution in [0.2, 0.25) is 0 Å². The topological polar surface area (TPSA) is 107 Å². The predicted molar refractivity (Wildman–Crippen MR) is 147 cm³/mol. The summed E-state index contributed by atoms with van der Waals surface area (Å²) in [6.45, 7) is 1.84. The maximum Gasteiger partial charge on any atom is 0.263 e. The summed E-state index contributed by atoms with van der Waals surface area (Å²) in [5.41, 5.74) is 4.37. The summed E-state index contributed by atoms with van der Waals surface area (Å²) in [6, 6.07) is 18.5. The summed E-state index contributed by atoms with van der Waals surface area (Å²) in [5, 5.41) is 4.00. The second-order valence-corrected chi connectivity index (χ2v) is 10.7. The lowest BCUT2D eigenvalue weighted by molar-refractivity contribution is -0.121. The molecule has 37 heavy (non-hydrogen) atoms. The fourth-order valence-electron chi connectivity index (χ4n) is 3.49. The van der Waals surface area contributed by atoms with Crippen LogP contribution in [0.1, 0.15) is 18.1 Å². The average Bonchev–Trinajstić information content (AvgIpc) is 2.88. The van der Waals surface area contributed by atoms with Crippen molar-refractivity contribution in [3.05, 3.63) is 82.3 Å². The molecule has 3 aromatic carbocycles. The van der Waals surface area contributed by atoms with Crippen molar-refractivity contribution in [2.75, 3.05) is 24.8 Å². The molecule has 0 aliphatic heterocycles. The van der Waals surface area contributed by atoms with Gasteiger partial charge in [0.05, 0.1) is 36.9 Å². The molecule has 3 aromatic rings. The number of hydrogen-bond donors (Lipinski definition) is 1. The number of nitrogens with one attached hydrogen (secondary N) is 1. The van der Waals surface area contributed by atoms with Crippen LogP contribution in [0.4, 0.5) is 5.69 Å². The highest BCUT2D eigenvalue weighted by Gasteiger charge is 2.29. The van der Waals surface area contributed by atoms with Crippen LogP contribution < -0.4 is 23.9 Å². The zero-order chi connectivity index (χ0) is 27.0. The number of anilines is 1. The molecule has 0 bridgehead atoms. The van der Waals surface area contributed by atoms with Crippen LogP contribution in [-0.2, 0) is 21.4 Å². The first-order valence-corrected chi connectivity index (χ1v) is 13.8. The normalized spacial score (nSPS) is 12.1. The zero-order valence-electron chi connectivity index (χ0n) is 20.8. The first-order chi connectivity index (χ1) is 17.6. The highest BCUT2D eigenvalue weighted by Crippen LogP contribution is 2.37. The minimum atomic E-state index is -3.76. The highest BCUT2D eigenvalue weighted by atomic mass is 79.9. The molecule has 11 heteroatoms. The Labute approximate surface area is 225 Å². The van der Waals surface area contributed by atoms with E-state index in [9.17, 15) is 13.2 Å². The van der Waals surface area contributed by atoms with Crippen LogP contribution in [0.25, 0.3) is 0 Å². The van der Waals surface area contributed by atoms with E-state index >= 15 is 0 Å². The first-order valence-electron chi connectivity index (χ1n) is 11.1. The Morgan fingerprint density at radius 3 is 2.35 bits per heavy atom. The van der Waals surface area contributed by atoms with Crippen molar-refractivity contribution in [3.8, 4) is 17.2 Å². The van der Waals surface area contributed by atoms with Gasteiger partial charge in [-0.05, 0) is 70.4 Å². The largest absolute Gasteiger partial charge is 0.497 e. The molecule has 0 aliphatic carbocycles. The van der Waals surface area contributed by atoms with Gasteiger partial charge in [0.2, 0.25) is 10.0 Å². The maximum absolute atomic E-state index is 12.8. The van der Waals surface area contributed by atoms with Gasteiger partial charge in [-0.3, -0.25) is 9.10 Å².